The molecule has 2 aliphatic heterocycles. The predicted octanol–water partition coefficient (Wildman–Crippen LogP) is 3.75. The fraction of sp³-hybridized carbons (Fsp3) is 0.696. The highest BCUT2D eigenvalue weighted by atomic mass is 16.5. The molecule has 1 aromatic carbocycles. The van der Waals surface area contributed by atoms with E-state index in [4.69, 9.17) is 9.47 Å². The number of nitrogens with zero attached hydrogens (tertiary/aromatic N) is 2. The molecule has 2 saturated heterocycles. The summed E-state index contributed by atoms with van der Waals surface area (Å²) in [6.07, 6.45) is 1.96. The molecule has 28 heavy (non-hydrogen) atoms. The minimum Gasteiger partial charge on any atom is -0.496 e. The first-order chi connectivity index (χ1) is 13.2. The van der Waals surface area contributed by atoms with Gasteiger partial charge in [0.25, 0.3) is 0 Å². The van der Waals surface area contributed by atoms with Crippen molar-refractivity contribution < 1.29 is 9.47 Å². The number of hydrogen-bond donors (Lipinski definition) is 1. The average molecular weight is 388 g/mol. The molecule has 2 heterocycles. The normalized spacial score (nSPS) is 23.1. The van der Waals surface area contributed by atoms with Crippen LogP contribution in [0.25, 0.3) is 0 Å². The molecule has 0 saturated carbocycles. The van der Waals surface area contributed by atoms with Gasteiger partial charge in [0.05, 0.1) is 7.11 Å². The van der Waals surface area contributed by atoms with Crippen LogP contribution in [0, 0.1) is 12.3 Å². The van der Waals surface area contributed by atoms with E-state index in [0.717, 1.165) is 50.9 Å². The van der Waals surface area contributed by atoms with Gasteiger partial charge in [-0.05, 0) is 39.7 Å². The van der Waals surface area contributed by atoms with Gasteiger partial charge in [0.2, 0.25) is 0 Å². The maximum Gasteiger partial charge on any atom is 0.194 e. The van der Waals surface area contributed by atoms with E-state index in [0.29, 0.717) is 0 Å². The lowest BCUT2D eigenvalue weighted by molar-refractivity contribution is -0.0671. The van der Waals surface area contributed by atoms with E-state index in [9.17, 15) is 0 Å². The van der Waals surface area contributed by atoms with Crippen molar-refractivity contribution in [2.45, 2.75) is 58.4 Å². The Morgan fingerprint density at radius 2 is 1.89 bits per heavy atom. The third kappa shape index (κ3) is 3.49. The Bertz CT molecular complexity index is 733. The first-order valence-corrected chi connectivity index (χ1v) is 10.4. The number of methoxy groups -OCH3 is 1. The van der Waals surface area contributed by atoms with Crippen molar-refractivity contribution in [2.24, 2.45) is 10.4 Å². The zero-order valence-corrected chi connectivity index (χ0v) is 18.7. The molecule has 2 aliphatic rings. The molecule has 0 bridgehead atoms. The lowest BCUT2D eigenvalue weighted by Gasteiger charge is -2.62. The van der Waals surface area contributed by atoms with Crippen LogP contribution in [0.5, 0.6) is 5.75 Å². The highest BCUT2D eigenvalue weighted by molar-refractivity contribution is 5.82. The Morgan fingerprint density at radius 3 is 2.43 bits per heavy atom. The molecule has 0 unspecified atom stereocenters. The topological polar surface area (TPSA) is 46.1 Å². The maximum atomic E-state index is 5.74. The number of rotatable bonds is 4. The van der Waals surface area contributed by atoms with E-state index < -0.39 is 0 Å². The summed E-state index contributed by atoms with van der Waals surface area (Å²) in [5.41, 5.74) is 2.89. The molecule has 0 aliphatic carbocycles. The van der Waals surface area contributed by atoms with E-state index in [1.807, 2.05) is 7.05 Å². The molecular formula is C23H37N3O2. The lowest BCUT2D eigenvalue weighted by Crippen LogP contribution is -2.72. The van der Waals surface area contributed by atoms with Crippen LogP contribution < -0.4 is 10.1 Å². The van der Waals surface area contributed by atoms with Crippen molar-refractivity contribution in [3.63, 3.8) is 0 Å². The van der Waals surface area contributed by atoms with Gasteiger partial charge in [-0.2, -0.15) is 0 Å². The number of likely N-dealkylation sites (tertiary alicyclic amines) is 1. The minimum atomic E-state index is -0.0178. The lowest BCUT2D eigenvalue weighted by atomic mass is 9.65. The molecule has 0 spiro atoms. The largest absolute Gasteiger partial charge is 0.496 e. The first kappa shape index (κ1) is 21.0. The minimum absolute atomic E-state index is 0.0178. The molecule has 156 valence electrons. The molecule has 0 aromatic heterocycles. The zero-order valence-electron chi connectivity index (χ0n) is 18.7. The second-order valence-corrected chi connectivity index (χ2v) is 9.53. The predicted molar refractivity (Wildman–Crippen MR) is 115 cm³/mol. The SMILES string of the molecule is CN=C(NCC1(c2cc(C)ccc2OC)CCOCC1)N1CC(C)(C)C1(C)C. The molecule has 0 amide bonds. The number of nitrogens with one attached hydrogen (secondary N) is 1. The number of benzene rings is 1. The summed E-state index contributed by atoms with van der Waals surface area (Å²) in [4.78, 5) is 7.01. The van der Waals surface area contributed by atoms with Gasteiger partial charge < -0.3 is 19.7 Å². The average Bonchev–Trinajstić information content (AvgIpc) is 2.68. The van der Waals surface area contributed by atoms with Crippen LogP contribution in [0.3, 0.4) is 0 Å². The Balaban J connectivity index is 1.85. The standard InChI is InChI=1S/C23H37N3O2/c1-17-8-9-19(27-7)18(14-17)23(10-12-28-13-11-23)15-25-20(24-6)26-16-21(2,3)22(26,4)5/h8-9,14H,10-13,15-16H2,1-7H3,(H,24,25). The number of guanidine groups is 1. The van der Waals surface area contributed by atoms with Crippen molar-refractivity contribution in [3.8, 4) is 5.75 Å². The van der Waals surface area contributed by atoms with Gasteiger partial charge in [0.15, 0.2) is 5.96 Å². The summed E-state index contributed by atoms with van der Waals surface area (Å²) in [6.45, 7) is 14.8. The van der Waals surface area contributed by atoms with E-state index >= 15 is 0 Å². The molecule has 3 rings (SSSR count). The van der Waals surface area contributed by atoms with Crippen LogP contribution in [-0.4, -0.2) is 56.9 Å². The van der Waals surface area contributed by atoms with Gasteiger partial charge >= 0.3 is 0 Å². The Labute approximate surface area is 170 Å². The van der Waals surface area contributed by atoms with Gasteiger partial charge in [-0.1, -0.05) is 31.5 Å². The van der Waals surface area contributed by atoms with Gasteiger partial charge in [0.1, 0.15) is 5.75 Å². The molecule has 1 aromatic rings. The van der Waals surface area contributed by atoms with Gasteiger partial charge in [0, 0.05) is 55.3 Å². The third-order valence-corrected chi connectivity index (χ3v) is 7.31. The summed E-state index contributed by atoms with van der Waals surface area (Å²) < 4.78 is 11.5. The molecular weight excluding hydrogens is 350 g/mol. The summed E-state index contributed by atoms with van der Waals surface area (Å²) >= 11 is 0. The number of aliphatic imine (C=N–C) groups is 1. The highest BCUT2D eigenvalue weighted by Gasteiger charge is 2.54. The fourth-order valence-corrected chi connectivity index (χ4v) is 4.48. The summed E-state index contributed by atoms with van der Waals surface area (Å²) in [5.74, 6) is 1.96. The second kappa shape index (κ2) is 7.58. The van der Waals surface area contributed by atoms with Gasteiger partial charge in [-0.3, -0.25) is 4.99 Å². The number of aryl methyl sites for hydroxylation is 1. The Hall–Kier alpha value is -1.75. The van der Waals surface area contributed by atoms with Gasteiger partial charge in [-0.15, -0.1) is 0 Å². The van der Waals surface area contributed by atoms with Crippen LogP contribution in [0.4, 0.5) is 0 Å². The fourth-order valence-electron chi connectivity index (χ4n) is 4.48. The highest BCUT2D eigenvalue weighted by Crippen LogP contribution is 2.46. The second-order valence-electron chi connectivity index (χ2n) is 9.53. The molecule has 0 radical (unpaired) electrons. The van der Waals surface area contributed by atoms with E-state index in [-0.39, 0.29) is 16.4 Å². The van der Waals surface area contributed by atoms with Crippen LogP contribution >= 0.6 is 0 Å². The number of ether oxygens (including phenoxy) is 2. The van der Waals surface area contributed by atoms with Crippen molar-refractivity contribution in [1.82, 2.24) is 10.2 Å². The maximum absolute atomic E-state index is 5.74. The van der Waals surface area contributed by atoms with Gasteiger partial charge in [-0.25, -0.2) is 0 Å². The summed E-state index contributed by atoms with van der Waals surface area (Å²) in [7, 11) is 3.64. The smallest absolute Gasteiger partial charge is 0.194 e. The Morgan fingerprint density at radius 1 is 1.21 bits per heavy atom. The molecule has 2 fully saturated rings. The van der Waals surface area contributed by atoms with Crippen LogP contribution in [-0.2, 0) is 10.2 Å². The van der Waals surface area contributed by atoms with Crippen molar-refractivity contribution >= 4 is 5.96 Å². The molecule has 5 nitrogen and oxygen atoms in total. The summed E-state index contributed by atoms with van der Waals surface area (Å²) in [6, 6.07) is 6.50. The third-order valence-electron chi connectivity index (χ3n) is 7.31. The van der Waals surface area contributed by atoms with Crippen molar-refractivity contribution in [2.75, 3.05) is 40.5 Å². The zero-order chi connectivity index (χ0) is 20.6. The first-order valence-electron chi connectivity index (χ1n) is 10.4. The van der Waals surface area contributed by atoms with E-state index in [2.05, 4.69) is 68.0 Å². The Kier molecular flexibility index (Phi) is 5.68. The van der Waals surface area contributed by atoms with Crippen LogP contribution in [0.15, 0.2) is 23.2 Å². The molecule has 1 N–H and O–H groups in total. The van der Waals surface area contributed by atoms with Crippen LogP contribution in [0.2, 0.25) is 0 Å². The monoisotopic (exact) mass is 387 g/mol. The van der Waals surface area contributed by atoms with E-state index in [1.165, 1.54) is 11.1 Å². The quantitative estimate of drug-likeness (QED) is 0.631. The van der Waals surface area contributed by atoms with Crippen LogP contribution in [0.1, 0.15) is 51.7 Å². The summed E-state index contributed by atoms with van der Waals surface area (Å²) in [5, 5.41) is 3.71. The molecule has 0 atom stereocenters. The van der Waals surface area contributed by atoms with E-state index in [1.54, 1.807) is 7.11 Å². The van der Waals surface area contributed by atoms with Crippen molar-refractivity contribution in [1.29, 1.82) is 0 Å². The van der Waals surface area contributed by atoms with Crippen molar-refractivity contribution in [3.05, 3.63) is 29.3 Å². The molecule has 5 heteroatoms. The number of hydrogen-bond acceptors (Lipinski definition) is 3.